The second-order valence-electron chi connectivity index (χ2n) is 3.95. The van der Waals surface area contributed by atoms with Gasteiger partial charge in [-0.1, -0.05) is 0 Å². The predicted molar refractivity (Wildman–Crippen MR) is 66.5 cm³/mol. The molecule has 1 rings (SSSR count). The highest BCUT2D eigenvalue weighted by Crippen LogP contribution is 2.09. The number of nitrogens with zero attached hydrogens (tertiary/aromatic N) is 1. The quantitative estimate of drug-likeness (QED) is 0.814. The molecule has 0 aromatic carbocycles. The van der Waals surface area contributed by atoms with E-state index in [1.54, 1.807) is 32.2 Å². The molecule has 5 nitrogen and oxygen atoms in total. The first kappa shape index (κ1) is 13.9. The van der Waals surface area contributed by atoms with Crippen LogP contribution in [0.2, 0.25) is 0 Å². The Morgan fingerprint density at radius 3 is 2.59 bits per heavy atom. The number of nitrogens with two attached hydrogens (primary N) is 1. The largest absolute Gasteiger partial charge is 0.491 e. The number of aromatic nitrogens is 1. The van der Waals surface area contributed by atoms with Crippen molar-refractivity contribution in [1.82, 2.24) is 4.98 Å². The average molecular weight is 258 g/mol. The molecule has 17 heavy (non-hydrogen) atoms. The topological polar surface area (TPSA) is 82.3 Å². The fourth-order valence-corrected chi connectivity index (χ4v) is 1.92. The summed E-state index contributed by atoms with van der Waals surface area (Å²) in [4.78, 5) is 4.05. The van der Waals surface area contributed by atoms with Gasteiger partial charge in [0.2, 0.25) is 0 Å². The smallest absolute Gasteiger partial charge is 0.155 e. The standard InChI is InChI=1S/C11H18N2O3S/c1-9(2)17(14,15)6-5-16-11-4-3-10(7-12)13-8-11/h3-4,8-9H,5-7,12H2,1-2H3. The molecular weight excluding hydrogens is 240 g/mol. The molecule has 0 aliphatic rings. The number of hydrogen-bond acceptors (Lipinski definition) is 5. The number of pyridine rings is 1. The van der Waals surface area contributed by atoms with E-state index in [-0.39, 0.29) is 17.6 Å². The van der Waals surface area contributed by atoms with Crippen molar-refractivity contribution in [3.63, 3.8) is 0 Å². The van der Waals surface area contributed by atoms with Crippen LogP contribution in [0.5, 0.6) is 5.75 Å². The van der Waals surface area contributed by atoms with Crippen molar-refractivity contribution in [3.05, 3.63) is 24.0 Å². The molecule has 1 heterocycles. The molecule has 0 bridgehead atoms. The number of sulfone groups is 1. The van der Waals surface area contributed by atoms with Crippen molar-refractivity contribution in [1.29, 1.82) is 0 Å². The lowest BCUT2D eigenvalue weighted by atomic mass is 10.3. The maximum atomic E-state index is 11.5. The monoisotopic (exact) mass is 258 g/mol. The molecule has 0 radical (unpaired) electrons. The van der Waals surface area contributed by atoms with E-state index in [1.165, 1.54) is 0 Å². The van der Waals surface area contributed by atoms with E-state index in [1.807, 2.05) is 0 Å². The molecule has 0 amide bonds. The van der Waals surface area contributed by atoms with Crippen LogP contribution in [0.25, 0.3) is 0 Å². The maximum Gasteiger partial charge on any atom is 0.155 e. The van der Waals surface area contributed by atoms with Gasteiger partial charge in [0, 0.05) is 6.54 Å². The van der Waals surface area contributed by atoms with Crippen molar-refractivity contribution in [2.45, 2.75) is 25.6 Å². The zero-order chi connectivity index (χ0) is 12.9. The Kier molecular flexibility index (Phi) is 4.89. The molecule has 1 aromatic heterocycles. The zero-order valence-corrected chi connectivity index (χ0v) is 10.9. The van der Waals surface area contributed by atoms with Crippen molar-refractivity contribution < 1.29 is 13.2 Å². The third-order valence-electron chi connectivity index (χ3n) is 2.36. The fourth-order valence-electron chi connectivity index (χ4n) is 1.13. The second kappa shape index (κ2) is 5.97. The van der Waals surface area contributed by atoms with E-state index in [9.17, 15) is 8.42 Å². The minimum atomic E-state index is -3.05. The van der Waals surface area contributed by atoms with Crippen molar-refractivity contribution in [3.8, 4) is 5.75 Å². The van der Waals surface area contributed by atoms with Crippen LogP contribution >= 0.6 is 0 Å². The third kappa shape index (κ3) is 4.32. The van der Waals surface area contributed by atoms with Gasteiger partial charge in [0.05, 0.1) is 22.9 Å². The molecule has 0 saturated heterocycles. The summed E-state index contributed by atoms with van der Waals surface area (Å²) in [7, 11) is -3.05. The van der Waals surface area contributed by atoms with Gasteiger partial charge in [-0.2, -0.15) is 0 Å². The third-order valence-corrected chi connectivity index (χ3v) is 4.53. The Morgan fingerprint density at radius 1 is 1.41 bits per heavy atom. The van der Waals surface area contributed by atoms with Crippen LogP contribution in [0, 0.1) is 0 Å². The summed E-state index contributed by atoms with van der Waals surface area (Å²) in [5.41, 5.74) is 6.18. The second-order valence-corrected chi connectivity index (χ2v) is 6.63. The Morgan fingerprint density at radius 2 is 2.12 bits per heavy atom. The maximum absolute atomic E-state index is 11.5. The summed E-state index contributed by atoms with van der Waals surface area (Å²) in [6.07, 6.45) is 1.55. The van der Waals surface area contributed by atoms with Gasteiger partial charge in [0.25, 0.3) is 0 Å². The molecule has 0 aliphatic carbocycles. The van der Waals surface area contributed by atoms with E-state index in [2.05, 4.69) is 4.98 Å². The van der Waals surface area contributed by atoms with Crippen LogP contribution in [-0.4, -0.2) is 31.0 Å². The van der Waals surface area contributed by atoms with E-state index in [0.717, 1.165) is 5.69 Å². The van der Waals surface area contributed by atoms with Gasteiger partial charge in [-0.15, -0.1) is 0 Å². The molecule has 0 spiro atoms. The fraction of sp³-hybridized carbons (Fsp3) is 0.545. The molecule has 0 aliphatic heterocycles. The first-order valence-corrected chi connectivity index (χ1v) is 7.16. The molecule has 0 atom stereocenters. The molecule has 2 N–H and O–H groups in total. The molecule has 0 fully saturated rings. The van der Waals surface area contributed by atoms with Crippen LogP contribution < -0.4 is 10.5 Å². The highest BCUT2D eigenvalue weighted by Gasteiger charge is 2.15. The Hall–Kier alpha value is -1.14. The Balaban J connectivity index is 2.46. The SMILES string of the molecule is CC(C)S(=O)(=O)CCOc1ccc(CN)nc1. The van der Waals surface area contributed by atoms with Gasteiger partial charge in [0.1, 0.15) is 12.4 Å². The summed E-state index contributed by atoms with van der Waals surface area (Å²) in [5.74, 6) is 0.574. The summed E-state index contributed by atoms with van der Waals surface area (Å²) in [6.45, 7) is 3.84. The molecular formula is C11H18N2O3S. The number of rotatable bonds is 6. The zero-order valence-electron chi connectivity index (χ0n) is 10.1. The van der Waals surface area contributed by atoms with E-state index in [4.69, 9.17) is 10.5 Å². The van der Waals surface area contributed by atoms with E-state index >= 15 is 0 Å². The van der Waals surface area contributed by atoms with Crippen LogP contribution in [0.1, 0.15) is 19.5 Å². The lowest BCUT2D eigenvalue weighted by Crippen LogP contribution is -2.22. The van der Waals surface area contributed by atoms with E-state index < -0.39 is 9.84 Å². The van der Waals surface area contributed by atoms with Gasteiger partial charge in [-0.05, 0) is 26.0 Å². The van der Waals surface area contributed by atoms with Crippen LogP contribution in [0.3, 0.4) is 0 Å². The van der Waals surface area contributed by atoms with Gasteiger partial charge in [-0.25, -0.2) is 8.42 Å². The van der Waals surface area contributed by atoms with Gasteiger partial charge in [-0.3, -0.25) is 4.98 Å². The van der Waals surface area contributed by atoms with Gasteiger partial charge >= 0.3 is 0 Å². The minimum Gasteiger partial charge on any atom is -0.491 e. The number of hydrogen-bond donors (Lipinski definition) is 1. The Bertz CT molecular complexity index is 440. The molecule has 0 saturated carbocycles. The first-order valence-electron chi connectivity index (χ1n) is 5.45. The minimum absolute atomic E-state index is 0.0172. The van der Waals surface area contributed by atoms with Crippen LogP contribution in [0.4, 0.5) is 0 Å². The normalized spacial score (nSPS) is 11.8. The molecule has 0 unspecified atom stereocenters. The highest BCUT2D eigenvalue weighted by molar-refractivity contribution is 7.91. The van der Waals surface area contributed by atoms with Crippen molar-refractivity contribution in [2.75, 3.05) is 12.4 Å². The van der Waals surface area contributed by atoms with Crippen molar-refractivity contribution >= 4 is 9.84 Å². The highest BCUT2D eigenvalue weighted by atomic mass is 32.2. The van der Waals surface area contributed by atoms with Gasteiger partial charge < -0.3 is 10.5 Å². The van der Waals surface area contributed by atoms with E-state index in [0.29, 0.717) is 12.3 Å². The lowest BCUT2D eigenvalue weighted by Gasteiger charge is -2.09. The van der Waals surface area contributed by atoms with Gasteiger partial charge in [0.15, 0.2) is 9.84 Å². The first-order chi connectivity index (χ1) is 7.95. The summed E-state index contributed by atoms with van der Waals surface area (Å²) >= 11 is 0. The number of ether oxygens (including phenoxy) is 1. The molecule has 1 aromatic rings. The summed E-state index contributed by atoms with van der Waals surface area (Å²) in [5, 5.41) is -0.371. The summed E-state index contributed by atoms with van der Waals surface area (Å²) < 4.78 is 28.3. The van der Waals surface area contributed by atoms with Crippen molar-refractivity contribution in [2.24, 2.45) is 5.73 Å². The molecule has 96 valence electrons. The van der Waals surface area contributed by atoms with Crippen LogP contribution in [0.15, 0.2) is 18.3 Å². The Labute approximate surface area is 102 Å². The predicted octanol–water partition coefficient (Wildman–Crippen LogP) is 0.742. The molecule has 6 heteroatoms. The lowest BCUT2D eigenvalue weighted by molar-refractivity contribution is 0.339. The van der Waals surface area contributed by atoms with Crippen LogP contribution in [-0.2, 0) is 16.4 Å². The summed E-state index contributed by atoms with van der Waals surface area (Å²) in [6, 6.07) is 3.49. The average Bonchev–Trinajstić information content (AvgIpc) is 2.29.